The van der Waals surface area contributed by atoms with Crippen LogP contribution in [0.2, 0.25) is 0 Å². The summed E-state index contributed by atoms with van der Waals surface area (Å²) in [6.07, 6.45) is 0. The predicted octanol–water partition coefficient (Wildman–Crippen LogP) is 2.13. The third kappa shape index (κ3) is 2.85. The molecule has 0 heterocycles. The number of halogens is 1. The summed E-state index contributed by atoms with van der Waals surface area (Å²) in [6.45, 7) is 1.38. The van der Waals surface area contributed by atoms with E-state index in [-0.39, 0.29) is 12.6 Å². The summed E-state index contributed by atoms with van der Waals surface area (Å²) < 4.78 is 4.77. The highest BCUT2D eigenvalue weighted by molar-refractivity contribution is 6.67. The van der Waals surface area contributed by atoms with Crippen molar-refractivity contribution in [2.45, 2.75) is 13.5 Å². The average Bonchev–Trinajstić information content (AvgIpc) is 2.15. The van der Waals surface area contributed by atoms with E-state index < -0.39 is 5.24 Å². The van der Waals surface area contributed by atoms with Gasteiger partial charge in [0.1, 0.15) is 6.61 Å². The van der Waals surface area contributed by atoms with E-state index >= 15 is 0 Å². The van der Waals surface area contributed by atoms with E-state index in [4.69, 9.17) is 16.3 Å². The van der Waals surface area contributed by atoms with Crippen LogP contribution in [0.3, 0.4) is 0 Å². The minimum absolute atomic E-state index is 0.0734. The molecule has 74 valence electrons. The fourth-order valence-electron chi connectivity index (χ4n) is 1.02. The number of benzene rings is 1. The second-order valence-corrected chi connectivity index (χ2v) is 3.05. The van der Waals surface area contributed by atoms with Gasteiger partial charge < -0.3 is 4.74 Å². The molecule has 0 spiro atoms. The Hall–Kier alpha value is -1.35. The van der Waals surface area contributed by atoms with E-state index in [1.54, 1.807) is 24.3 Å². The van der Waals surface area contributed by atoms with Crippen molar-refractivity contribution in [1.29, 1.82) is 0 Å². The van der Waals surface area contributed by atoms with Crippen molar-refractivity contribution in [2.75, 3.05) is 0 Å². The molecule has 0 bridgehead atoms. The van der Waals surface area contributed by atoms with Gasteiger partial charge in [0.2, 0.25) is 0 Å². The molecule has 1 rings (SSSR count). The zero-order chi connectivity index (χ0) is 10.6. The SMILES string of the molecule is CC(=O)OCc1ccccc1C(=O)Cl. The summed E-state index contributed by atoms with van der Waals surface area (Å²) in [6, 6.07) is 6.74. The predicted molar refractivity (Wildman–Crippen MR) is 52.1 cm³/mol. The molecule has 0 fully saturated rings. The second-order valence-electron chi connectivity index (χ2n) is 2.71. The van der Waals surface area contributed by atoms with Gasteiger partial charge in [-0.3, -0.25) is 9.59 Å². The van der Waals surface area contributed by atoms with Gasteiger partial charge in [-0.2, -0.15) is 0 Å². The second kappa shape index (κ2) is 4.77. The van der Waals surface area contributed by atoms with Gasteiger partial charge in [0.05, 0.1) is 0 Å². The molecule has 0 unspecified atom stereocenters. The number of hydrogen-bond donors (Lipinski definition) is 0. The van der Waals surface area contributed by atoms with Crippen LogP contribution in [-0.4, -0.2) is 11.2 Å². The average molecular weight is 213 g/mol. The first kappa shape index (κ1) is 10.7. The first-order valence-electron chi connectivity index (χ1n) is 4.02. The van der Waals surface area contributed by atoms with Crippen LogP contribution in [0.25, 0.3) is 0 Å². The minimum atomic E-state index is -0.548. The summed E-state index contributed by atoms with van der Waals surface area (Å²) in [5.41, 5.74) is 0.984. The summed E-state index contributed by atoms with van der Waals surface area (Å²) in [5, 5.41) is -0.548. The molecule has 3 nitrogen and oxygen atoms in total. The molecule has 1 aromatic carbocycles. The molecule has 1 aromatic rings. The Morgan fingerprint density at radius 1 is 1.36 bits per heavy atom. The zero-order valence-corrected chi connectivity index (χ0v) is 8.38. The lowest BCUT2D eigenvalue weighted by atomic mass is 10.1. The van der Waals surface area contributed by atoms with Crippen LogP contribution in [0, 0.1) is 0 Å². The smallest absolute Gasteiger partial charge is 0.302 e. The third-order valence-corrected chi connectivity index (χ3v) is 1.86. The van der Waals surface area contributed by atoms with E-state index in [2.05, 4.69) is 0 Å². The highest BCUT2D eigenvalue weighted by atomic mass is 35.5. The molecule has 4 heteroatoms. The van der Waals surface area contributed by atoms with Gasteiger partial charge in [-0.25, -0.2) is 0 Å². The quantitative estimate of drug-likeness (QED) is 0.570. The number of rotatable bonds is 3. The Balaban J connectivity index is 2.84. The largest absolute Gasteiger partial charge is 0.461 e. The van der Waals surface area contributed by atoms with E-state index in [1.165, 1.54) is 6.92 Å². The molecule has 0 saturated carbocycles. The van der Waals surface area contributed by atoms with Crippen LogP contribution >= 0.6 is 11.6 Å². The number of hydrogen-bond acceptors (Lipinski definition) is 3. The summed E-state index contributed by atoms with van der Waals surface area (Å²) in [7, 11) is 0. The van der Waals surface area contributed by atoms with Gasteiger partial charge in [0.15, 0.2) is 0 Å². The zero-order valence-electron chi connectivity index (χ0n) is 7.62. The molecule has 0 aliphatic rings. The molecule has 0 amide bonds. The van der Waals surface area contributed by atoms with Crippen molar-refractivity contribution < 1.29 is 14.3 Å². The van der Waals surface area contributed by atoms with Crippen molar-refractivity contribution in [3.63, 3.8) is 0 Å². The lowest BCUT2D eigenvalue weighted by Crippen LogP contribution is -2.03. The Morgan fingerprint density at radius 3 is 2.57 bits per heavy atom. The maximum Gasteiger partial charge on any atom is 0.302 e. The van der Waals surface area contributed by atoms with Crippen molar-refractivity contribution >= 4 is 22.8 Å². The van der Waals surface area contributed by atoms with Crippen LogP contribution in [0.4, 0.5) is 0 Å². The summed E-state index contributed by atoms with van der Waals surface area (Å²) in [5.74, 6) is -0.387. The Kier molecular flexibility index (Phi) is 3.65. The monoisotopic (exact) mass is 212 g/mol. The molecule has 0 aromatic heterocycles. The first-order valence-corrected chi connectivity index (χ1v) is 4.40. The molecule has 0 atom stereocenters. The van der Waals surface area contributed by atoms with Gasteiger partial charge in [0, 0.05) is 18.1 Å². The number of carbonyl (C=O) groups is 2. The van der Waals surface area contributed by atoms with E-state index in [0.717, 1.165) is 0 Å². The Labute approximate surface area is 86.6 Å². The van der Waals surface area contributed by atoms with Gasteiger partial charge in [-0.15, -0.1) is 0 Å². The van der Waals surface area contributed by atoms with Crippen LogP contribution in [-0.2, 0) is 16.1 Å². The van der Waals surface area contributed by atoms with Crippen molar-refractivity contribution in [1.82, 2.24) is 0 Å². The first-order chi connectivity index (χ1) is 6.61. The Bertz CT molecular complexity index is 360. The fraction of sp³-hybridized carbons (Fsp3) is 0.200. The minimum Gasteiger partial charge on any atom is -0.461 e. The number of carbonyl (C=O) groups excluding carboxylic acids is 2. The van der Waals surface area contributed by atoms with Gasteiger partial charge in [-0.1, -0.05) is 18.2 Å². The molecule has 14 heavy (non-hydrogen) atoms. The van der Waals surface area contributed by atoms with E-state index in [1.807, 2.05) is 0 Å². The van der Waals surface area contributed by atoms with Crippen molar-refractivity contribution in [2.24, 2.45) is 0 Å². The van der Waals surface area contributed by atoms with E-state index in [0.29, 0.717) is 11.1 Å². The molecule has 0 aliphatic carbocycles. The number of esters is 1. The van der Waals surface area contributed by atoms with Crippen LogP contribution in [0.15, 0.2) is 24.3 Å². The molecular weight excluding hydrogens is 204 g/mol. The lowest BCUT2D eigenvalue weighted by Gasteiger charge is -2.05. The van der Waals surface area contributed by atoms with Crippen LogP contribution in [0.5, 0.6) is 0 Å². The van der Waals surface area contributed by atoms with Crippen molar-refractivity contribution in [3.05, 3.63) is 35.4 Å². The molecule has 0 saturated heterocycles. The topological polar surface area (TPSA) is 43.4 Å². The Morgan fingerprint density at radius 2 is 2.00 bits per heavy atom. The van der Waals surface area contributed by atoms with Gasteiger partial charge in [0.25, 0.3) is 5.24 Å². The summed E-state index contributed by atoms with van der Waals surface area (Å²) >= 11 is 5.34. The molecular formula is C10H9ClO3. The maximum atomic E-state index is 10.9. The van der Waals surface area contributed by atoms with Crippen LogP contribution < -0.4 is 0 Å². The highest BCUT2D eigenvalue weighted by Gasteiger charge is 2.08. The maximum absolute atomic E-state index is 10.9. The standard InChI is InChI=1S/C10H9ClO3/c1-7(12)14-6-8-4-2-3-5-9(8)10(11)13/h2-5H,6H2,1H3. The van der Waals surface area contributed by atoms with Crippen molar-refractivity contribution in [3.8, 4) is 0 Å². The summed E-state index contributed by atoms with van der Waals surface area (Å²) in [4.78, 5) is 21.5. The third-order valence-electron chi connectivity index (χ3n) is 1.66. The lowest BCUT2D eigenvalue weighted by molar-refractivity contribution is -0.142. The fourth-order valence-corrected chi connectivity index (χ4v) is 1.20. The molecule has 0 aliphatic heterocycles. The van der Waals surface area contributed by atoms with E-state index in [9.17, 15) is 9.59 Å². The van der Waals surface area contributed by atoms with Gasteiger partial charge >= 0.3 is 5.97 Å². The van der Waals surface area contributed by atoms with Crippen LogP contribution in [0.1, 0.15) is 22.8 Å². The molecule has 0 radical (unpaired) electrons. The normalized spacial score (nSPS) is 9.57. The van der Waals surface area contributed by atoms with Gasteiger partial charge in [-0.05, 0) is 17.7 Å². The molecule has 0 N–H and O–H groups in total. The number of ether oxygens (including phenoxy) is 1. The highest BCUT2D eigenvalue weighted by Crippen LogP contribution is 2.12.